The van der Waals surface area contributed by atoms with Gasteiger partial charge < -0.3 is 10.4 Å². The van der Waals surface area contributed by atoms with E-state index >= 15 is 0 Å². The van der Waals surface area contributed by atoms with Gasteiger partial charge in [-0.3, -0.25) is 9.89 Å². The highest BCUT2D eigenvalue weighted by Gasteiger charge is 2.15. The molecule has 120 valence electrons. The maximum absolute atomic E-state index is 12.1. The van der Waals surface area contributed by atoms with Gasteiger partial charge in [-0.2, -0.15) is 5.10 Å². The number of carbonyl (C=O) groups is 1. The highest BCUT2D eigenvalue weighted by molar-refractivity contribution is 7.19. The van der Waals surface area contributed by atoms with Crippen molar-refractivity contribution in [3.8, 4) is 0 Å². The minimum absolute atomic E-state index is 0.113. The lowest BCUT2D eigenvalue weighted by Gasteiger charge is -2.10. The number of aliphatic hydroxyl groups excluding tert-OH is 1. The normalized spacial score (nSPS) is 12.5. The molecule has 3 rings (SSSR count). The van der Waals surface area contributed by atoms with Crippen molar-refractivity contribution in [2.45, 2.75) is 26.4 Å². The maximum Gasteiger partial charge on any atom is 0.224 e. The van der Waals surface area contributed by atoms with E-state index in [1.807, 2.05) is 44.2 Å². The predicted molar refractivity (Wildman–Crippen MR) is 91.6 cm³/mol. The van der Waals surface area contributed by atoms with Crippen molar-refractivity contribution in [3.63, 3.8) is 0 Å². The van der Waals surface area contributed by atoms with E-state index in [-0.39, 0.29) is 18.9 Å². The second-order valence-corrected chi connectivity index (χ2v) is 6.71. The standard InChI is InChI=1S/C17H19N3O2S/c1-10-13(11(2)20-19-10)8-17(22)18-9-14(21)16-7-12-5-3-4-6-15(12)23-16/h3-7,14,21H,8-9H2,1-2H3,(H,18,22)(H,19,20)/t14-/m1/s1. The van der Waals surface area contributed by atoms with E-state index in [4.69, 9.17) is 0 Å². The Labute approximate surface area is 138 Å². The van der Waals surface area contributed by atoms with Gasteiger partial charge in [-0.25, -0.2) is 0 Å². The maximum atomic E-state index is 12.1. The summed E-state index contributed by atoms with van der Waals surface area (Å²) in [5, 5.41) is 21.1. The van der Waals surface area contributed by atoms with Crippen molar-refractivity contribution >= 4 is 27.3 Å². The molecule has 3 aromatic rings. The van der Waals surface area contributed by atoms with Crippen molar-refractivity contribution in [2.24, 2.45) is 0 Å². The van der Waals surface area contributed by atoms with E-state index in [2.05, 4.69) is 15.5 Å². The number of carbonyl (C=O) groups excluding carboxylic acids is 1. The van der Waals surface area contributed by atoms with Crippen LogP contribution in [-0.2, 0) is 11.2 Å². The molecular formula is C17H19N3O2S. The zero-order valence-corrected chi connectivity index (χ0v) is 13.9. The van der Waals surface area contributed by atoms with Crippen molar-refractivity contribution in [1.82, 2.24) is 15.5 Å². The largest absolute Gasteiger partial charge is 0.386 e. The molecule has 0 bridgehead atoms. The van der Waals surface area contributed by atoms with Crippen molar-refractivity contribution < 1.29 is 9.90 Å². The summed E-state index contributed by atoms with van der Waals surface area (Å²) in [6.07, 6.45) is -0.421. The molecule has 0 saturated heterocycles. The van der Waals surface area contributed by atoms with Crippen LogP contribution in [0.4, 0.5) is 0 Å². The van der Waals surface area contributed by atoms with Crippen LogP contribution >= 0.6 is 11.3 Å². The Morgan fingerprint density at radius 2 is 2.17 bits per heavy atom. The summed E-state index contributed by atoms with van der Waals surface area (Å²) in [6, 6.07) is 9.97. The molecule has 0 aliphatic rings. The third-order valence-corrected chi connectivity index (χ3v) is 5.10. The Balaban J connectivity index is 1.60. The molecular weight excluding hydrogens is 310 g/mol. The molecule has 0 spiro atoms. The lowest BCUT2D eigenvalue weighted by atomic mass is 10.1. The Morgan fingerprint density at radius 1 is 1.39 bits per heavy atom. The first-order valence-electron chi connectivity index (χ1n) is 7.48. The van der Waals surface area contributed by atoms with Gasteiger partial charge in [-0.1, -0.05) is 18.2 Å². The first-order chi connectivity index (χ1) is 11.0. The van der Waals surface area contributed by atoms with E-state index in [0.717, 1.165) is 31.9 Å². The van der Waals surface area contributed by atoms with Crippen LogP contribution in [0.15, 0.2) is 30.3 Å². The first-order valence-corrected chi connectivity index (χ1v) is 8.30. The number of aliphatic hydroxyl groups is 1. The molecule has 0 saturated carbocycles. The Bertz CT molecular complexity index is 785. The molecule has 1 amide bonds. The fourth-order valence-electron chi connectivity index (χ4n) is 2.54. The fraction of sp³-hybridized carbons (Fsp3) is 0.294. The summed E-state index contributed by atoms with van der Waals surface area (Å²) in [6.45, 7) is 3.98. The second-order valence-electron chi connectivity index (χ2n) is 5.60. The number of rotatable bonds is 5. The molecule has 3 N–H and O–H groups in total. The van der Waals surface area contributed by atoms with Crippen molar-refractivity contribution in [2.75, 3.05) is 6.54 Å². The van der Waals surface area contributed by atoms with Crippen molar-refractivity contribution in [3.05, 3.63) is 52.2 Å². The van der Waals surface area contributed by atoms with Gasteiger partial charge in [0.1, 0.15) is 6.10 Å². The van der Waals surface area contributed by atoms with E-state index in [1.165, 1.54) is 0 Å². The average Bonchev–Trinajstić information content (AvgIpc) is 3.11. The fourth-order valence-corrected chi connectivity index (χ4v) is 3.59. The molecule has 5 nitrogen and oxygen atoms in total. The van der Waals surface area contributed by atoms with Crippen LogP contribution in [-0.4, -0.2) is 27.8 Å². The average molecular weight is 329 g/mol. The monoisotopic (exact) mass is 329 g/mol. The molecule has 0 unspecified atom stereocenters. The van der Waals surface area contributed by atoms with Gasteiger partial charge >= 0.3 is 0 Å². The van der Waals surface area contributed by atoms with Crippen LogP contribution in [0, 0.1) is 13.8 Å². The van der Waals surface area contributed by atoms with Gasteiger partial charge in [-0.05, 0) is 31.4 Å². The smallest absolute Gasteiger partial charge is 0.224 e. The third kappa shape index (κ3) is 3.43. The lowest BCUT2D eigenvalue weighted by molar-refractivity contribution is -0.120. The number of hydrogen-bond acceptors (Lipinski definition) is 4. The third-order valence-electron chi connectivity index (χ3n) is 3.88. The SMILES string of the molecule is Cc1n[nH]c(C)c1CC(=O)NC[C@@H](O)c1cc2ccccc2s1. The quantitative estimate of drug-likeness (QED) is 0.673. The summed E-state index contributed by atoms with van der Waals surface area (Å²) >= 11 is 1.55. The van der Waals surface area contributed by atoms with Crippen LogP contribution in [0.2, 0.25) is 0 Å². The second kappa shape index (κ2) is 6.52. The molecule has 1 atom stereocenters. The number of aryl methyl sites for hydroxylation is 2. The van der Waals surface area contributed by atoms with Crippen LogP contribution in [0.25, 0.3) is 10.1 Å². The molecule has 2 heterocycles. The van der Waals surface area contributed by atoms with Gasteiger partial charge in [0, 0.05) is 27.4 Å². The molecule has 2 aromatic heterocycles. The Hall–Kier alpha value is -2.18. The van der Waals surface area contributed by atoms with Crippen LogP contribution in [0.3, 0.4) is 0 Å². The number of hydrogen-bond donors (Lipinski definition) is 3. The molecule has 23 heavy (non-hydrogen) atoms. The van der Waals surface area contributed by atoms with Gasteiger partial charge in [0.05, 0.1) is 12.1 Å². The van der Waals surface area contributed by atoms with E-state index in [1.54, 1.807) is 11.3 Å². The zero-order valence-electron chi connectivity index (χ0n) is 13.1. The number of nitrogens with zero attached hydrogens (tertiary/aromatic N) is 1. The summed E-state index contributed by atoms with van der Waals surface area (Å²) in [5.41, 5.74) is 2.66. The predicted octanol–water partition coefficient (Wildman–Crippen LogP) is 2.63. The summed E-state index contributed by atoms with van der Waals surface area (Å²) < 4.78 is 1.14. The van der Waals surface area contributed by atoms with Crippen LogP contribution in [0.5, 0.6) is 0 Å². The van der Waals surface area contributed by atoms with E-state index in [0.29, 0.717) is 0 Å². The first kappa shape index (κ1) is 15.7. The summed E-state index contributed by atoms with van der Waals surface area (Å²) in [7, 11) is 0. The summed E-state index contributed by atoms with van der Waals surface area (Å²) in [4.78, 5) is 12.9. The number of aromatic nitrogens is 2. The lowest BCUT2D eigenvalue weighted by Crippen LogP contribution is -2.29. The molecule has 0 fully saturated rings. The van der Waals surface area contributed by atoms with E-state index in [9.17, 15) is 9.90 Å². The minimum Gasteiger partial charge on any atom is -0.386 e. The number of nitrogens with one attached hydrogen (secondary N) is 2. The van der Waals surface area contributed by atoms with Gasteiger partial charge in [0.25, 0.3) is 0 Å². The molecule has 0 radical (unpaired) electrons. The highest BCUT2D eigenvalue weighted by Crippen LogP contribution is 2.29. The molecule has 6 heteroatoms. The number of H-pyrrole nitrogens is 1. The highest BCUT2D eigenvalue weighted by atomic mass is 32.1. The number of aromatic amines is 1. The number of fused-ring (bicyclic) bond motifs is 1. The van der Waals surface area contributed by atoms with Gasteiger partial charge in [0.2, 0.25) is 5.91 Å². The van der Waals surface area contributed by atoms with E-state index < -0.39 is 6.10 Å². The Morgan fingerprint density at radius 3 is 2.87 bits per heavy atom. The minimum atomic E-state index is -0.692. The number of thiophene rings is 1. The molecule has 1 aromatic carbocycles. The Kier molecular flexibility index (Phi) is 4.45. The molecule has 0 aliphatic heterocycles. The summed E-state index contributed by atoms with van der Waals surface area (Å²) in [5.74, 6) is -0.113. The van der Waals surface area contributed by atoms with Gasteiger partial charge in [0.15, 0.2) is 0 Å². The van der Waals surface area contributed by atoms with Crippen LogP contribution < -0.4 is 5.32 Å². The number of amides is 1. The van der Waals surface area contributed by atoms with Crippen molar-refractivity contribution in [1.29, 1.82) is 0 Å². The zero-order chi connectivity index (χ0) is 16.4. The van der Waals surface area contributed by atoms with Gasteiger partial charge in [-0.15, -0.1) is 11.3 Å². The molecule has 0 aliphatic carbocycles. The van der Waals surface area contributed by atoms with Crippen LogP contribution in [0.1, 0.15) is 27.9 Å². The number of benzene rings is 1. The topological polar surface area (TPSA) is 78.0 Å².